The summed E-state index contributed by atoms with van der Waals surface area (Å²) in [7, 11) is 0. The van der Waals surface area contributed by atoms with Gasteiger partial charge in [-0.2, -0.15) is 0 Å². The van der Waals surface area contributed by atoms with Crippen LogP contribution in [0, 0.1) is 0 Å². The molecular weight excluding hydrogens is 128 g/mol. The molecule has 0 bridgehead atoms. The maximum Gasteiger partial charge on any atom is 0.0591 e. The van der Waals surface area contributed by atoms with Crippen LogP contribution in [0.15, 0.2) is 0 Å². The van der Waals surface area contributed by atoms with Crippen LogP contribution in [-0.2, 0) is 4.74 Å². The zero-order chi connectivity index (χ0) is 7.66. The molecule has 0 aromatic heterocycles. The van der Waals surface area contributed by atoms with E-state index in [2.05, 4.69) is 12.2 Å². The van der Waals surface area contributed by atoms with Gasteiger partial charge in [-0.25, -0.2) is 0 Å². The van der Waals surface area contributed by atoms with E-state index in [-0.39, 0.29) is 0 Å². The van der Waals surface area contributed by atoms with Gasteiger partial charge in [0.1, 0.15) is 0 Å². The van der Waals surface area contributed by atoms with E-state index in [1.165, 1.54) is 6.42 Å². The predicted octanol–water partition coefficient (Wildman–Crippen LogP) is 0.309. The lowest BCUT2D eigenvalue weighted by molar-refractivity contribution is 0.133. The fourth-order valence-corrected chi connectivity index (χ4v) is 0.595. The van der Waals surface area contributed by atoms with E-state index in [4.69, 9.17) is 10.5 Å². The molecule has 0 spiro atoms. The second-order valence-electron chi connectivity index (χ2n) is 2.17. The molecule has 3 heteroatoms. The molecule has 0 aliphatic heterocycles. The lowest BCUT2D eigenvalue weighted by atomic mass is 10.4. The fraction of sp³-hybridized carbons (Fsp3) is 1.00. The molecule has 3 N–H and O–H groups in total. The third-order valence-electron chi connectivity index (χ3n) is 1.21. The first-order chi connectivity index (χ1) is 4.91. The standard InChI is InChI=1S/C7H18N2O/c1-2-3-5-10-6-4-9-7-8/h9H,2-8H2,1H3. The van der Waals surface area contributed by atoms with Crippen LogP contribution in [0.2, 0.25) is 0 Å². The van der Waals surface area contributed by atoms with Crippen molar-refractivity contribution in [2.45, 2.75) is 19.8 Å². The van der Waals surface area contributed by atoms with Crippen molar-refractivity contribution in [1.29, 1.82) is 0 Å². The van der Waals surface area contributed by atoms with E-state index < -0.39 is 0 Å². The molecule has 0 rings (SSSR count). The Bertz CT molecular complexity index is 51.6. The second kappa shape index (κ2) is 8.88. The molecule has 0 unspecified atom stereocenters. The van der Waals surface area contributed by atoms with Crippen molar-refractivity contribution < 1.29 is 4.74 Å². The highest BCUT2D eigenvalue weighted by Crippen LogP contribution is 1.86. The Kier molecular flexibility index (Phi) is 8.77. The summed E-state index contributed by atoms with van der Waals surface area (Å²) in [4.78, 5) is 0. The molecule has 0 aromatic rings. The Morgan fingerprint density at radius 1 is 1.40 bits per heavy atom. The third kappa shape index (κ3) is 7.88. The van der Waals surface area contributed by atoms with Crippen LogP contribution in [0.25, 0.3) is 0 Å². The van der Waals surface area contributed by atoms with Gasteiger partial charge in [-0.15, -0.1) is 0 Å². The van der Waals surface area contributed by atoms with Crippen molar-refractivity contribution >= 4 is 0 Å². The van der Waals surface area contributed by atoms with Crippen LogP contribution >= 0.6 is 0 Å². The largest absolute Gasteiger partial charge is 0.380 e. The number of nitrogens with one attached hydrogen (secondary N) is 1. The summed E-state index contributed by atoms with van der Waals surface area (Å²) >= 11 is 0. The molecule has 0 saturated heterocycles. The van der Waals surface area contributed by atoms with E-state index >= 15 is 0 Å². The fourth-order valence-electron chi connectivity index (χ4n) is 0.595. The maximum absolute atomic E-state index is 5.26. The van der Waals surface area contributed by atoms with Crippen molar-refractivity contribution in [3.05, 3.63) is 0 Å². The van der Waals surface area contributed by atoms with E-state index in [1.807, 2.05) is 0 Å². The maximum atomic E-state index is 5.26. The number of ether oxygens (including phenoxy) is 1. The molecule has 0 fully saturated rings. The first kappa shape index (κ1) is 9.88. The number of nitrogens with two attached hydrogens (primary N) is 1. The summed E-state index contributed by atoms with van der Waals surface area (Å²) in [6.45, 7) is 5.21. The average Bonchev–Trinajstić information content (AvgIpc) is 1.97. The molecule has 0 atom stereocenters. The number of hydrogen-bond acceptors (Lipinski definition) is 3. The molecule has 62 valence electrons. The van der Waals surface area contributed by atoms with Gasteiger partial charge in [-0.05, 0) is 6.42 Å². The Labute approximate surface area is 62.9 Å². The van der Waals surface area contributed by atoms with Gasteiger partial charge in [0.25, 0.3) is 0 Å². The molecule has 0 heterocycles. The molecule has 0 aliphatic carbocycles. The summed E-state index contributed by atoms with van der Waals surface area (Å²) in [5, 5.41) is 2.98. The third-order valence-corrected chi connectivity index (χ3v) is 1.21. The van der Waals surface area contributed by atoms with Crippen LogP contribution < -0.4 is 11.1 Å². The van der Waals surface area contributed by atoms with Crippen LogP contribution in [0.4, 0.5) is 0 Å². The first-order valence-electron chi connectivity index (χ1n) is 3.90. The van der Waals surface area contributed by atoms with E-state index in [9.17, 15) is 0 Å². The topological polar surface area (TPSA) is 47.3 Å². The van der Waals surface area contributed by atoms with E-state index in [0.717, 1.165) is 26.2 Å². The van der Waals surface area contributed by atoms with Crippen LogP contribution in [0.1, 0.15) is 19.8 Å². The van der Waals surface area contributed by atoms with Crippen molar-refractivity contribution in [1.82, 2.24) is 5.32 Å². The molecule has 0 aromatic carbocycles. The predicted molar refractivity (Wildman–Crippen MR) is 42.8 cm³/mol. The van der Waals surface area contributed by atoms with Crippen molar-refractivity contribution in [3.63, 3.8) is 0 Å². The summed E-state index contributed by atoms with van der Waals surface area (Å²) < 4.78 is 5.26. The van der Waals surface area contributed by atoms with Gasteiger partial charge in [0.2, 0.25) is 0 Å². The minimum absolute atomic E-state index is 0.539. The van der Waals surface area contributed by atoms with Crippen molar-refractivity contribution in [2.75, 3.05) is 26.4 Å². The Morgan fingerprint density at radius 3 is 2.80 bits per heavy atom. The summed E-state index contributed by atoms with van der Waals surface area (Å²) in [5.41, 5.74) is 5.20. The van der Waals surface area contributed by atoms with Crippen LogP contribution in [0.3, 0.4) is 0 Å². The highest BCUT2D eigenvalue weighted by molar-refractivity contribution is 4.39. The van der Waals surface area contributed by atoms with Gasteiger partial charge >= 0.3 is 0 Å². The van der Waals surface area contributed by atoms with Crippen LogP contribution in [-0.4, -0.2) is 26.4 Å². The lowest BCUT2D eigenvalue weighted by Crippen LogP contribution is -2.26. The lowest BCUT2D eigenvalue weighted by Gasteiger charge is -2.02. The Morgan fingerprint density at radius 2 is 2.20 bits per heavy atom. The summed E-state index contributed by atoms with van der Waals surface area (Å²) in [6.07, 6.45) is 2.35. The Hall–Kier alpha value is -0.120. The monoisotopic (exact) mass is 146 g/mol. The molecule has 0 aliphatic rings. The number of hydrogen-bond donors (Lipinski definition) is 2. The van der Waals surface area contributed by atoms with Crippen molar-refractivity contribution in [2.24, 2.45) is 5.73 Å². The zero-order valence-electron chi connectivity index (χ0n) is 6.73. The van der Waals surface area contributed by atoms with Gasteiger partial charge in [-0.3, -0.25) is 0 Å². The molecule has 0 radical (unpaired) electrons. The van der Waals surface area contributed by atoms with E-state index in [1.54, 1.807) is 0 Å². The quantitative estimate of drug-likeness (QED) is 0.401. The molecule has 0 saturated carbocycles. The van der Waals surface area contributed by atoms with Gasteiger partial charge < -0.3 is 15.8 Å². The highest BCUT2D eigenvalue weighted by Gasteiger charge is 1.85. The second-order valence-corrected chi connectivity index (χ2v) is 2.17. The average molecular weight is 146 g/mol. The van der Waals surface area contributed by atoms with Gasteiger partial charge in [0.15, 0.2) is 0 Å². The summed E-state index contributed by atoms with van der Waals surface area (Å²) in [6, 6.07) is 0. The van der Waals surface area contributed by atoms with Gasteiger partial charge in [0, 0.05) is 19.8 Å². The number of rotatable bonds is 7. The first-order valence-corrected chi connectivity index (χ1v) is 3.90. The van der Waals surface area contributed by atoms with Gasteiger partial charge in [-0.1, -0.05) is 13.3 Å². The molecule has 0 amide bonds. The smallest absolute Gasteiger partial charge is 0.0591 e. The molecular formula is C7H18N2O. The molecule has 10 heavy (non-hydrogen) atoms. The van der Waals surface area contributed by atoms with Crippen LogP contribution in [0.5, 0.6) is 0 Å². The minimum Gasteiger partial charge on any atom is -0.380 e. The van der Waals surface area contributed by atoms with E-state index in [0.29, 0.717) is 6.67 Å². The normalized spacial score (nSPS) is 10.2. The number of unbranched alkanes of at least 4 members (excludes halogenated alkanes) is 1. The SMILES string of the molecule is CCCCOCCNCN. The minimum atomic E-state index is 0.539. The molecule has 3 nitrogen and oxygen atoms in total. The highest BCUT2D eigenvalue weighted by atomic mass is 16.5. The van der Waals surface area contributed by atoms with Gasteiger partial charge in [0.05, 0.1) is 6.61 Å². The van der Waals surface area contributed by atoms with Crippen molar-refractivity contribution in [3.8, 4) is 0 Å². The zero-order valence-corrected chi connectivity index (χ0v) is 6.73. The summed E-state index contributed by atoms with van der Waals surface area (Å²) in [5.74, 6) is 0. The Balaban J connectivity index is 2.65.